The number of carbonyl (C=O) groups excluding carboxylic acids is 1. The molecule has 3 rings (SSSR count). The van der Waals surface area contributed by atoms with Gasteiger partial charge in [-0.25, -0.2) is 4.98 Å². The van der Waals surface area contributed by atoms with E-state index in [4.69, 9.17) is 21.1 Å². The summed E-state index contributed by atoms with van der Waals surface area (Å²) < 4.78 is 11.3. The van der Waals surface area contributed by atoms with Crippen molar-refractivity contribution in [1.82, 2.24) is 4.98 Å². The van der Waals surface area contributed by atoms with Crippen LogP contribution < -0.4 is 4.74 Å². The third-order valence-electron chi connectivity index (χ3n) is 3.46. The van der Waals surface area contributed by atoms with E-state index in [1.54, 1.807) is 38.4 Å². The van der Waals surface area contributed by atoms with Gasteiger partial charge in [-0.15, -0.1) is 11.6 Å². The first-order valence-corrected chi connectivity index (χ1v) is 7.03. The van der Waals surface area contributed by atoms with Gasteiger partial charge in [-0.1, -0.05) is 0 Å². The maximum absolute atomic E-state index is 12.0. The fourth-order valence-electron chi connectivity index (χ4n) is 2.44. The minimum absolute atomic E-state index is 0.119. The van der Waals surface area contributed by atoms with Crippen LogP contribution in [0, 0.1) is 0 Å². The Bertz CT molecular complexity index is 700. The zero-order chi connectivity index (χ0) is 15.0. The van der Waals surface area contributed by atoms with Crippen LogP contribution in [0.1, 0.15) is 34.5 Å². The Labute approximate surface area is 127 Å². The van der Waals surface area contributed by atoms with Crippen molar-refractivity contribution in [2.45, 2.75) is 18.4 Å². The Morgan fingerprint density at radius 2 is 2.19 bits per heavy atom. The fraction of sp³-hybridized carbons (Fsp3) is 0.250. The molecule has 0 saturated carbocycles. The van der Waals surface area contributed by atoms with Gasteiger partial charge in [0.1, 0.15) is 11.9 Å². The van der Waals surface area contributed by atoms with E-state index in [2.05, 4.69) is 4.98 Å². The van der Waals surface area contributed by atoms with Crippen LogP contribution in [0.4, 0.5) is 0 Å². The van der Waals surface area contributed by atoms with E-state index in [9.17, 15) is 4.79 Å². The number of aromatic nitrogens is 1. The van der Waals surface area contributed by atoms with Crippen LogP contribution in [0.3, 0.4) is 0 Å². The predicted molar refractivity (Wildman–Crippen MR) is 79.3 cm³/mol. The van der Waals surface area contributed by atoms with Gasteiger partial charge in [-0.05, 0) is 37.3 Å². The van der Waals surface area contributed by atoms with E-state index >= 15 is 0 Å². The minimum atomic E-state index is -0.567. The summed E-state index contributed by atoms with van der Waals surface area (Å²) in [5, 5.41) is -0.567. The third kappa shape index (κ3) is 2.41. The van der Waals surface area contributed by atoms with Crippen molar-refractivity contribution in [3.63, 3.8) is 0 Å². The van der Waals surface area contributed by atoms with Crippen LogP contribution in [-0.4, -0.2) is 23.3 Å². The second kappa shape index (κ2) is 5.47. The molecule has 2 heterocycles. The Morgan fingerprint density at radius 1 is 1.38 bits per heavy atom. The Morgan fingerprint density at radius 3 is 2.90 bits per heavy atom. The molecule has 1 aliphatic heterocycles. The van der Waals surface area contributed by atoms with Crippen molar-refractivity contribution in [3.8, 4) is 11.6 Å². The summed E-state index contributed by atoms with van der Waals surface area (Å²) in [6.07, 6.45) is 1.36. The number of pyridine rings is 1. The van der Waals surface area contributed by atoms with Crippen molar-refractivity contribution < 1.29 is 14.3 Å². The molecule has 0 radical (unpaired) electrons. The zero-order valence-corrected chi connectivity index (χ0v) is 12.4. The van der Waals surface area contributed by atoms with Gasteiger partial charge < -0.3 is 9.47 Å². The van der Waals surface area contributed by atoms with Crippen molar-refractivity contribution in [2.75, 3.05) is 7.11 Å². The SMILES string of the molecule is COC1c2cc(C(=O)C(C)Cl)ccc2Oc2ncccc21. The number of hydrogen-bond donors (Lipinski definition) is 0. The van der Waals surface area contributed by atoms with Crippen LogP contribution >= 0.6 is 11.6 Å². The largest absolute Gasteiger partial charge is 0.438 e. The molecule has 0 aliphatic carbocycles. The molecule has 0 bridgehead atoms. The van der Waals surface area contributed by atoms with Gasteiger partial charge in [0, 0.05) is 30.0 Å². The highest BCUT2D eigenvalue weighted by Gasteiger charge is 2.29. The highest BCUT2D eigenvalue weighted by atomic mass is 35.5. The van der Waals surface area contributed by atoms with E-state index < -0.39 is 5.38 Å². The van der Waals surface area contributed by atoms with Crippen molar-refractivity contribution in [1.29, 1.82) is 0 Å². The summed E-state index contributed by atoms with van der Waals surface area (Å²) in [6.45, 7) is 1.66. The zero-order valence-electron chi connectivity index (χ0n) is 11.7. The maximum Gasteiger partial charge on any atom is 0.225 e. The molecule has 5 heteroatoms. The lowest BCUT2D eigenvalue weighted by atomic mass is 9.95. The van der Waals surface area contributed by atoms with Crippen LogP contribution in [0.2, 0.25) is 0 Å². The summed E-state index contributed by atoms with van der Waals surface area (Å²) in [7, 11) is 1.62. The van der Waals surface area contributed by atoms with Gasteiger partial charge in [-0.3, -0.25) is 4.79 Å². The molecular formula is C16H14ClNO3. The summed E-state index contributed by atoms with van der Waals surface area (Å²) >= 11 is 5.88. The molecule has 21 heavy (non-hydrogen) atoms. The number of ether oxygens (including phenoxy) is 2. The lowest BCUT2D eigenvalue weighted by molar-refractivity contribution is 0.0990. The maximum atomic E-state index is 12.0. The van der Waals surface area contributed by atoms with Gasteiger partial charge in [0.05, 0.1) is 5.38 Å². The minimum Gasteiger partial charge on any atom is -0.438 e. The van der Waals surface area contributed by atoms with Crippen molar-refractivity contribution in [3.05, 3.63) is 53.2 Å². The molecule has 2 unspecified atom stereocenters. The molecule has 2 atom stereocenters. The average molecular weight is 304 g/mol. The van der Waals surface area contributed by atoms with Crippen LogP contribution in [0.25, 0.3) is 0 Å². The number of alkyl halides is 1. The molecule has 1 aliphatic rings. The van der Waals surface area contributed by atoms with Crippen LogP contribution in [0.5, 0.6) is 11.6 Å². The van der Waals surface area contributed by atoms with E-state index in [-0.39, 0.29) is 11.9 Å². The first-order valence-electron chi connectivity index (χ1n) is 6.59. The molecule has 0 spiro atoms. The number of carbonyl (C=O) groups is 1. The summed E-state index contributed by atoms with van der Waals surface area (Å²) in [6, 6.07) is 8.97. The van der Waals surface area contributed by atoms with E-state index in [0.29, 0.717) is 17.2 Å². The first-order chi connectivity index (χ1) is 10.1. The molecule has 0 amide bonds. The lowest BCUT2D eigenvalue weighted by Crippen LogP contribution is -2.16. The molecule has 0 saturated heterocycles. The second-order valence-electron chi connectivity index (χ2n) is 4.85. The number of nitrogens with zero attached hydrogens (tertiary/aromatic N) is 1. The summed E-state index contributed by atoms with van der Waals surface area (Å²) in [5.41, 5.74) is 2.20. The predicted octanol–water partition coefficient (Wildman–Crippen LogP) is 3.73. The quantitative estimate of drug-likeness (QED) is 0.640. The number of Topliss-reactive ketones (excluding diaryl/α,β-unsaturated/α-hetero) is 1. The third-order valence-corrected chi connectivity index (χ3v) is 3.66. The van der Waals surface area contributed by atoms with Gasteiger partial charge in [0.15, 0.2) is 5.78 Å². The van der Waals surface area contributed by atoms with E-state index in [1.807, 2.05) is 12.1 Å². The van der Waals surface area contributed by atoms with Crippen molar-refractivity contribution in [2.24, 2.45) is 0 Å². The monoisotopic (exact) mass is 303 g/mol. The van der Waals surface area contributed by atoms with E-state index in [0.717, 1.165) is 11.1 Å². The molecule has 108 valence electrons. The number of hydrogen-bond acceptors (Lipinski definition) is 4. The highest BCUT2D eigenvalue weighted by molar-refractivity contribution is 6.33. The number of ketones is 1. The Kier molecular flexibility index (Phi) is 3.66. The van der Waals surface area contributed by atoms with Crippen LogP contribution in [0.15, 0.2) is 36.5 Å². The number of benzene rings is 1. The molecular weight excluding hydrogens is 290 g/mol. The summed E-state index contributed by atoms with van der Waals surface area (Å²) in [5.74, 6) is 1.06. The smallest absolute Gasteiger partial charge is 0.225 e. The van der Waals surface area contributed by atoms with Gasteiger partial charge in [-0.2, -0.15) is 0 Å². The topological polar surface area (TPSA) is 48.4 Å². The molecule has 2 aromatic rings. The standard InChI is InChI=1S/C16H14ClNO3/c1-9(17)14(19)10-5-6-13-12(8-10)15(20-2)11-4-3-7-18-16(11)21-13/h3-9,15H,1-2H3. The summed E-state index contributed by atoms with van der Waals surface area (Å²) in [4.78, 5) is 16.3. The number of methoxy groups -OCH3 is 1. The molecule has 1 aromatic heterocycles. The molecule has 0 fully saturated rings. The van der Waals surface area contributed by atoms with Crippen LogP contribution in [-0.2, 0) is 4.74 Å². The molecule has 4 nitrogen and oxygen atoms in total. The Balaban J connectivity index is 2.09. The first kappa shape index (κ1) is 14.0. The van der Waals surface area contributed by atoms with Gasteiger partial charge in [0.2, 0.25) is 5.88 Å². The molecule has 0 N–H and O–H groups in total. The van der Waals surface area contributed by atoms with Gasteiger partial charge in [0.25, 0.3) is 0 Å². The van der Waals surface area contributed by atoms with Crippen molar-refractivity contribution >= 4 is 17.4 Å². The average Bonchev–Trinajstić information content (AvgIpc) is 2.51. The van der Waals surface area contributed by atoms with Gasteiger partial charge >= 0.3 is 0 Å². The molecule has 1 aromatic carbocycles. The second-order valence-corrected chi connectivity index (χ2v) is 5.50. The highest BCUT2D eigenvalue weighted by Crippen LogP contribution is 2.43. The fourth-order valence-corrected chi connectivity index (χ4v) is 2.57. The van der Waals surface area contributed by atoms with E-state index in [1.165, 1.54) is 0 Å². The Hall–Kier alpha value is -1.91. The number of halogens is 1. The number of rotatable bonds is 3. The lowest BCUT2D eigenvalue weighted by Gasteiger charge is -2.26. The normalized spacial score (nSPS) is 17.4. The number of fused-ring (bicyclic) bond motifs is 2.